The van der Waals surface area contributed by atoms with E-state index in [2.05, 4.69) is 20.5 Å². The van der Waals surface area contributed by atoms with Crippen molar-refractivity contribution in [3.63, 3.8) is 0 Å². The zero-order valence-corrected chi connectivity index (χ0v) is 12.9. The summed E-state index contributed by atoms with van der Waals surface area (Å²) in [5.41, 5.74) is 3.07. The maximum absolute atomic E-state index is 12.2. The van der Waals surface area contributed by atoms with Crippen LogP contribution in [0.15, 0.2) is 47.4 Å². The summed E-state index contributed by atoms with van der Waals surface area (Å²) in [4.78, 5) is 16.6. The Morgan fingerprint density at radius 1 is 1.38 bits per heavy atom. The summed E-state index contributed by atoms with van der Waals surface area (Å²) in [5.74, 6) is -0.353. The second-order valence-electron chi connectivity index (χ2n) is 4.94. The van der Waals surface area contributed by atoms with Crippen molar-refractivity contribution < 1.29 is 9.21 Å². The number of nitrogens with zero attached hydrogens (tertiary/aromatic N) is 3. The number of anilines is 1. The summed E-state index contributed by atoms with van der Waals surface area (Å²) in [6.45, 7) is 0. The van der Waals surface area contributed by atoms with E-state index in [1.54, 1.807) is 18.6 Å². The molecule has 0 aliphatic carbocycles. The molecule has 0 unspecified atom stereocenters. The predicted octanol–water partition coefficient (Wildman–Crippen LogP) is 3.40. The van der Waals surface area contributed by atoms with Gasteiger partial charge in [0.05, 0.1) is 24.2 Å². The Hall–Kier alpha value is -3.44. The molecule has 116 valence electrons. The molecule has 4 rings (SSSR count). The van der Waals surface area contributed by atoms with Gasteiger partial charge in [0.25, 0.3) is 5.91 Å². The highest BCUT2D eigenvalue weighted by Gasteiger charge is 2.14. The van der Waals surface area contributed by atoms with Gasteiger partial charge in [0, 0.05) is 16.6 Å². The van der Waals surface area contributed by atoms with E-state index < -0.39 is 0 Å². The maximum Gasteiger partial charge on any atom is 0.284 e. The number of nitriles is 1. The van der Waals surface area contributed by atoms with Crippen molar-refractivity contribution >= 4 is 33.8 Å². The molecule has 0 bridgehead atoms. The summed E-state index contributed by atoms with van der Waals surface area (Å²) < 4.78 is 5.10. The van der Waals surface area contributed by atoms with Gasteiger partial charge in [-0.15, -0.1) is 0 Å². The Morgan fingerprint density at radius 3 is 3.04 bits per heavy atom. The van der Waals surface area contributed by atoms with E-state index in [4.69, 9.17) is 9.68 Å². The van der Waals surface area contributed by atoms with Crippen LogP contribution in [0, 0.1) is 11.3 Å². The van der Waals surface area contributed by atoms with E-state index in [0.717, 1.165) is 33.5 Å². The van der Waals surface area contributed by atoms with Gasteiger partial charge in [0.15, 0.2) is 5.01 Å². The molecular formula is C16H9N5O2S. The number of rotatable bonds is 3. The van der Waals surface area contributed by atoms with E-state index in [0.29, 0.717) is 10.6 Å². The van der Waals surface area contributed by atoms with Crippen molar-refractivity contribution in [2.75, 3.05) is 5.32 Å². The van der Waals surface area contributed by atoms with E-state index in [9.17, 15) is 4.79 Å². The lowest BCUT2D eigenvalue weighted by atomic mass is 10.1. The van der Waals surface area contributed by atoms with E-state index >= 15 is 0 Å². The van der Waals surface area contributed by atoms with Crippen molar-refractivity contribution in [2.45, 2.75) is 0 Å². The van der Waals surface area contributed by atoms with Crippen LogP contribution in [0.4, 0.5) is 5.69 Å². The first kappa shape index (κ1) is 14.2. The number of aromatic nitrogens is 3. The number of H-pyrrole nitrogens is 1. The van der Waals surface area contributed by atoms with Crippen LogP contribution in [-0.4, -0.2) is 21.1 Å². The van der Waals surface area contributed by atoms with Gasteiger partial charge < -0.3 is 9.73 Å². The highest BCUT2D eigenvalue weighted by atomic mass is 32.1. The van der Waals surface area contributed by atoms with Crippen LogP contribution in [0.5, 0.6) is 0 Å². The predicted molar refractivity (Wildman–Crippen MR) is 88.6 cm³/mol. The summed E-state index contributed by atoms with van der Waals surface area (Å²) in [6, 6.07) is 9.23. The Bertz CT molecular complexity index is 1070. The Balaban J connectivity index is 1.66. The van der Waals surface area contributed by atoms with E-state index in [1.165, 1.54) is 6.20 Å². The minimum atomic E-state index is -0.353. The fourth-order valence-corrected chi connectivity index (χ4v) is 2.93. The van der Waals surface area contributed by atoms with Gasteiger partial charge in [-0.1, -0.05) is 11.3 Å². The standard InChI is InChI=1S/C16H9N5O2S/c17-6-11-7-18-16(24-11)15(22)19-10-1-2-13-12(5-10)14(21-20-13)9-3-4-23-8-9/h1-5,7-8H,(H,19,22)(H,20,21). The topological polar surface area (TPSA) is 108 Å². The van der Waals surface area contributed by atoms with Gasteiger partial charge in [-0.3, -0.25) is 9.89 Å². The number of hydrogen-bond acceptors (Lipinski definition) is 6. The highest BCUT2D eigenvalue weighted by Crippen LogP contribution is 2.29. The zero-order valence-electron chi connectivity index (χ0n) is 12.1. The normalized spacial score (nSPS) is 10.6. The average molecular weight is 335 g/mol. The van der Waals surface area contributed by atoms with Gasteiger partial charge in [0.1, 0.15) is 16.6 Å². The van der Waals surface area contributed by atoms with Crippen molar-refractivity contribution in [1.29, 1.82) is 5.26 Å². The quantitative estimate of drug-likeness (QED) is 0.596. The van der Waals surface area contributed by atoms with Crippen molar-refractivity contribution in [3.8, 4) is 17.3 Å². The first-order valence-corrected chi connectivity index (χ1v) is 7.74. The van der Waals surface area contributed by atoms with Gasteiger partial charge in [-0.05, 0) is 24.3 Å². The number of hydrogen-bond donors (Lipinski definition) is 2. The molecule has 0 saturated heterocycles. The first-order valence-electron chi connectivity index (χ1n) is 6.92. The molecule has 0 aliphatic rings. The van der Waals surface area contributed by atoms with Crippen LogP contribution in [0.3, 0.4) is 0 Å². The number of carbonyl (C=O) groups is 1. The summed E-state index contributed by atoms with van der Waals surface area (Å²) >= 11 is 1.05. The molecule has 7 nitrogen and oxygen atoms in total. The smallest absolute Gasteiger partial charge is 0.284 e. The maximum atomic E-state index is 12.2. The minimum Gasteiger partial charge on any atom is -0.472 e. The molecule has 0 spiro atoms. The number of amides is 1. The zero-order chi connectivity index (χ0) is 16.5. The molecule has 24 heavy (non-hydrogen) atoms. The largest absolute Gasteiger partial charge is 0.472 e. The first-order chi connectivity index (χ1) is 11.7. The van der Waals surface area contributed by atoms with Crippen LogP contribution in [0.2, 0.25) is 0 Å². The summed E-state index contributed by atoms with van der Waals surface area (Å²) in [7, 11) is 0. The molecule has 1 amide bonds. The third-order valence-electron chi connectivity index (χ3n) is 3.43. The Morgan fingerprint density at radius 2 is 2.29 bits per heavy atom. The fourth-order valence-electron chi connectivity index (χ4n) is 2.33. The molecule has 4 aromatic rings. The molecular weight excluding hydrogens is 326 g/mol. The molecule has 0 fully saturated rings. The number of thiazole rings is 1. The van der Waals surface area contributed by atoms with Crippen LogP contribution in [0.1, 0.15) is 14.7 Å². The van der Waals surface area contributed by atoms with Gasteiger partial charge in [-0.2, -0.15) is 10.4 Å². The van der Waals surface area contributed by atoms with Crippen LogP contribution in [0.25, 0.3) is 22.2 Å². The number of carbonyl (C=O) groups excluding carboxylic acids is 1. The second kappa shape index (κ2) is 5.64. The van der Waals surface area contributed by atoms with Gasteiger partial charge in [0.2, 0.25) is 0 Å². The molecule has 3 aromatic heterocycles. The Kier molecular flexibility index (Phi) is 3.33. The number of aromatic amines is 1. The molecule has 8 heteroatoms. The molecule has 0 radical (unpaired) electrons. The second-order valence-corrected chi connectivity index (χ2v) is 5.97. The highest BCUT2D eigenvalue weighted by molar-refractivity contribution is 7.14. The fraction of sp³-hybridized carbons (Fsp3) is 0. The van der Waals surface area contributed by atoms with Crippen LogP contribution < -0.4 is 5.32 Å². The van der Waals surface area contributed by atoms with E-state index in [-0.39, 0.29) is 10.9 Å². The molecule has 1 aromatic carbocycles. The van der Waals surface area contributed by atoms with Crippen LogP contribution >= 0.6 is 11.3 Å². The molecule has 0 aliphatic heterocycles. The molecule has 3 heterocycles. The van der Waals surface area contributed by atoms with Gasteiger partial charge >= 0.3 is 0 Å². The monoisotopic (exact) mass is 335 g/mol. The molecule has 0 atom stereocenters. The van der Waals surface area contributed by atoms with Crippen molar-refractivity contribution in [2.24, 2.45) is 0 Å². The number of benzene rings is 1. The summed E-state index contributed by atoms with van der Waals surface area (Å²) in [6.07, 6.45) is 4.58. The lowest BCUT2D eigenvalue weighted by molar-refractivity contribution is 0.102. The number of nitrogens with one attached hydrogen (secondary N) is 2. The van der Waals surface area contributed by atoms with Crippen molar-refractivity contribution in [3.05, 3.63) is 52.9 Å². The lowest BCUT2D eigenvalue weighted by Gasteiger charge is -2.03. The van der Waals surface area contributed by atoms with E-state index in [1.807, 2.05) is 24.3 Å². The summed E-state index contributed by atoms with van der Waals surface area (Å²) in [5, 5.41) is 19.9. The van der Waals surface area contributed by atoms with Gasteiger partial charge in [-0.25, -0.2) is 4.98 Å². The lowest BCUT2D eigenvalue weighted by Crippen LogP contribution is -2.11. The third kappa shape index (κ3) is 2.43. The number of fused-ring (bicyclic) bond motifs is 1. The van der Waals surface area contributed by atoms with Crippen LogP contribution in [-0.2, 0) is 0 Å². The SMILES string of the molecule is N#Cc1cnc(C(=O)Nc2ccc3[nH]nc(-c4ccoc4)c3c2)s1. The number of furan rings is 1. The molecule has 0 saturated carbocycles. The van der Waals surface area contributed by atoms with Crippen molar-refractivity contribution in [1.82, 2.24) is 15.2 Å². The average Bonchev–Trinajstić information content (AvgIpc) is 3.33. The molecule has 2 N–H and O–H groups in total. The minimum absolute atomic E-state index is 0.244. The third-order valence-corrected chi connectivity index (χ3v) is 4.33. The Labute approximate surface area is 139 Å².